The Morgan fingerprint density at radius 3 is 2.27 bits per heavy atom. The average Bonchev–Trinajstić information content (AvgIpc) is 2.32. The molecule has 2 aromatic rings. The van der Waals surface area contributed by atoms with E-state index in [0.717, 1.165) is 17.0 Å². The molecule has 2 nitrogen and oxygen atoms in total. The van der Waals surface area contributed by atoms with Crippen LogP contribution in [0.4, 0.5) is 0 Å². The van der Waals surface area contributed by atoms with Gasteiger partial charge in [0.05, 0.1) is 0 Å². The lowest BCUT2D eigenvalue weighted by Crippen LogP contribution is -1.86. The lowest BCUT2D eigenvalue weighted by Gasteiger charge is -1.98. The Kier molecular flexibility index (Phi) is 2.75. The van der Waals surface area contributed by atoms with E-state index in [1.165, 1.54) is 0 Å². The number of rotatable bonds is 1. The van der Waals surface area contributed by atoms with E-state index in [-0.39, 0.29) is 0 Å². The molecule has 1 heterocycles. The lowest BCUT2D eigenvalue weighted by molar-refractivity contribution is 1.18. The van der Waals surface area contributed by atoms with Crippen molar-refractivity contribution in [3.05, 3.63) is 48.3 Å². The molecule has 2 heteroatoms. The molecule has 0 amide bonds. The summed E-state index contributed by atoms with van der Waals surface area (Å²) in [6.07, 6.45) is 3.48. The summed E-state index contributed by atoms with van der Waals surface area (Å²) in [6, 6.07) is 9.72. The van der Waals surface area contributed by atoms with Crippen LogP contribution in [-0.4, -0.2) is 9.97 Å². The van der Waals surface area contributed by atoms with Gasteiger partial charge in [-0.15, -0.1) is 5.92 Å². The number of hydrogen-bond donors (Lipinski definition) is 0. The minimum Gasteiger partial charge on any atom is -0.237 e. The highest BCUT2D eigenvalue weighted by atomic mass is 14.8. The molecular formula is C13H10N2. The Morgan fingerprint density at radius 1 is 1.00 bits per heavy atom. The first-order valence-electron chi connectivity index (χ1n) is 4.70. The summed E-state index contributed by atoms with van der Waals surface area (Å²) >= 11 is 0. The molecule has 0 radical (unpaired) electrons. The number of aromatic nitrogens is 2. The zero-order valence-electron chi connectivity index (χ0n) is 8.44. The van der Waals surface area contributed by atoms with E-state index in [0.29, 0.717) is 0 Å². The number of benzene rings is 1. The zero-order chi connectivity index (χ0) is 10.5. The third kappa shape index (κ3) is 2.21. The Balaban J connectivity index is 2.35. The minimum absolute atomic E-state index is 0.744. The van der Waals surface area contributed by atoms with Crippen molar-refractivity contribution >= 4 is 0 Å². The second-order valence-electron chi connectivity index (χ2n) is 3.02. The van der Waals surface area contributed by atoms with Crippen molar-refractivity contribution in [1.29, 1.82) is 0 Å². The molecule has 72 valence electrons. The fraction of sp³-hybridized carbons (Fsp3) is 0.0769. The molecule has 0 saturated carbocycles. The van der Waals surface area contributed by atoms with E-state index in [9.17, 15) is 0 Å². The molecule has 1 aromatic carbocycles. The molecule has 0 bridgehead atoms. The highest BCUT2D eigenvalue weighted by Crippen LogP contribution is 2.13. The molecule has 0 aliphatic carbocycles. The summed E-state index contributed by atoms with van der Waals surface area (Å²) in [5, 5.41) is 0. The van der Waals surface area contributed by atoms with Crippen LogP contribution in [0.5, 0.6) is 0 Å². The van der Waals surface area contributed by atoms with E-state index < -0.39 is 0 Å². The third-order valence-corrected chi connectivity index (χ3v) is 1.98. The molecule has 1 aromatic heterocycles. The molecule has 2 rings (SSSR count). The normalized spacial score (nSPS) is 9.13. The van der Waals surface area contributed by atoms with E-state index in [4.69, 9.17) is 0 Å². The summed E-state index contributed by atoms with van der Waals surface area (Å²) in [7, 11) is 0. The van der Waals surface area contributed by atoms with Gasteiger partial charge in [0.1, 0.15) is 0 Å². The SMILES string of the molecule is CC#Cc1ccc(-c2ncccn2)cc1. The van der Waals surface area contributed by atoms with Gasteiger partial charge in [-0.25, -0.2) is 9.97 Å². The summed E-state index contributed by atoms with van der Waals surface area (Å²) in [5.41, 5.74) is 2.02. The van der Waals surface area contributed by atoms with Crippen LogP contribution in [0.15, 0.2) is 42.7 Å². The van der Waals surface area contributed by atoms with Crippen LogP contribution in [-0.2, 0) is 0 Å². The first-order valence-corrected chi connectivity index (χ1v) is 4.70. The molecule has 0 atom stereocenters. The van der Waals surface area contributed by atoms with Gasteiger partial charge < -0.3 is 0 Å². The van der Waals surface area contributed by atoms with Gasteiger partial charge in [0, 0.05) is 23.5 Å². The summed E-state index contributed by atoms with van der Waals surface area (Å²) in [5.74, 6) is 6.60. The van der Waals surface area contributed by atoms with Crippen LogP contribution in [0.2, 0.25) is 0 Å². The van der Waals surface area contributed by atoms with Gasteiger partial charge in [-0.3, -0.25) is 0 Å². The molecule has 0 N–H and O–H groups in total. The lowest BCUT2D eigenvalue weighted by atomic mass is 10.1. The quantitative estimate of drug-likeness (QED) is 0.652. The van der Waals surface area contributed by atoms with Crippen molar-refractivity contribution in [2.45, 2.75) is 6.92 Å². The fourth-order valence-corrected chi connectivity index (χ4v) is 1.30. The van der Waals surface area contributed by atoms with Gasteiger partial charge in [-0.1, -0.05) is 5.92 Å². The second kappa shape index (κ2) is 4.39. The summed E-state index contributed by atoms with van der Waals surface area (Å²) in [6.45, 7) is 1.83. The highest BCUT2D eigenvalue weighted by Gasteiger charge is 1.98. The molecule has 0 unspecified atom stereocenters. The van der Waals surface area contributed by atoms with Crippen molar-refractivity contribution in [2.24, 2.45) is 0 Å². The van der Waals surface area contributed by atoms with Crippen LogP contribution < -0.4 is 0 Å². The Hall–Kier alpha value is -2.14. The largest absolute Gasteiger partial charge is 0.237 e. The zero-order valence-corrected chi connectivity index (χ0v) is 8.44. The maximum absolute atomic E-state index is 4.18. The summed E-state index contributed by atoms with van der Waals surface area (Å²) < 4.78 is 0. The van der Waals surface area contributed by atoms with Crippen molar-refractivity contribution in [3.63, 3.8) is 0 Å². The maximum atomic E-state index is 4.18. The van der Waals surface area contributed by atoms with Gasteiger partial charge in [-0.2, -0.15) is 0 Å². The van der Waals surface area contributed by atoms with Gasteiger partial charge in [0.25, 0.3) is 0 Å². The molecule has 0 spiro atoms. The molecule has 0 fully saturated rings. The van der Waals surface area contributed by atoms with Gasteiger partial charge in [0.15, 0.2) is 5.82 Å². The van der Waals surface area contributed by atoms with Crippen LogP contribution >= 0.6 is 0 Å². The van der Waals surface area contributed by atoms with Crippen LogP contribution in [0, 0.1) is 11.8 Å². The minimum atomic E-state index is 0.744. The topological polar surface area (TPSA) is 25.8 Å². The molecule has 0 aliphatic rings. The number of nitrogens with zero attached hydrogens (tertiary/aromatic N) is 2. The van der Waals surface area contributed by atoms with Crippen molar-refractivity contribution in [1.82, 2.24) is 9.97 Å². The predicted octanol–water partition coefficient (Wildman–Crippen LogP) is 2.52. The standard InChI is InChI=1S/C13H10N2/c1-2-4-11-5-7-12(8-6-11)13-14-9-3-10-15-13/h3,5-10H,1H3. The third-order valence-electron chi connectivity index (χ3n) is 1.98. The van der Waals surface area contributed by atoms with Gasteiger partial charge >= 0.3 is 0 Å². The van der Waals surface area contributed by atoms with Gasteiger partial charge in [-0.05, 0) is 37.3 Å². The predicted molar refractivity (Wildman–Crippen MR) is 60.0 cm³/mol. The molecule has 0 saturated heterocycles. The van der Waals surface area contributed by atoms with Crippen molar-refractivity contribution in [3.8, 4) is 23.2 Å². The average molecular weight is 194 g/mol. The Bertz CT molecular complexity index is 490. The molecular weight excluding hydrogens is 184 g/mol. The Labute approximate surface area is 89.0 Å². The molecule has 15 heavy (non-hydrogen) atoms. The van der Waals surface area contributed by atoms with E-state index in [2.05, 4.69) is 21.8 Å². The van der Waals surface area contributed by atoms with Crippen molar-refractivity contribution < 1.29 is 0 Å². The van der Waals surface area contributed by atoms with E-state index >= 15 is 0 Å². The molecule has 0 aliphatic heterocycles. The maximum Gasteiger partial charge on any atom is 0.159 e. The monoisotopic (exact) mass is 194 g/mol. The first-order chi connectivity index (χ1) is 7.40. The van der Waals surface area contributed by atoms with Crippen LogP contribution in [0.25, 0.3) is 11.4 Å². The smallest absolute Gasteiger partial charge is 0.159 e. The second-order valence-corrected chi connectivity index (χ2v) is 3.02. The Morgan fingerprint density at radius 2 is 1.67 bits per heavy atom. The van der Waals surface area contributed by atoms with Crippen LogP contribution in [0.1, 0.15) is 12.5 Å². The number of hydrogen-bond acceptors (Lipinski definition) is 2. The fourth-order valence-electron chi connectivity index (χ4n) is 1.30. The van der Waals surface area contributed by atoms with E-state index in [1.54, 1.807) is 18.5 Å². The van der Waals surface area contributed by atoms with E-state index in [1.807, 2.05) is 31.2 Å². The summed E-state index contributed by atoms with van der Waals surface area (Å²) in [4.78, 5) is 8.35. The van der Waals surface area contributed by atoms with Gasteiger partial charge in [0.2, 0.25) is 0 Å². The van der Waals surface area contributed by atoms with Crippen LogP contribution in [0.3, 0.4) is 0 Å². The first kappa shape index (κ1) is 9.42. The highest BCUT2D eigenvalue weighted by molar-refractivity contribution is 5.56. The van der Waals surface area contributed by atoms with Crippen molar-refractivity contribution in [2.75, 3.05) is 0 Å².